The molecule has 0 aromatic rings. The molecule has 0 aliphatic heterocycles. The van der Waals surface area contributed by atoms with Crippen molar-refractivity contribution < 1.29 is 76.0 Å². The zero-order chi connectivity index (χ0) is 19.8. The number of alkyl halides is 13. The first kappa shape index (κ1) is 22.9. The molecule has 0 saturated heterocycles. The van der Waals surface area contributed by atoms with Gasteiger partial charge in [0.15, 0.2) is 0 Å². The van der Waals surface area contributed by atoms with E-state index in [9.17, 15) is 61.6 Å². The van der Waals surface area contributed by atoms with E-state index in [-0.39, 0.29) is 0 Å². The van der Waals surface area contributed by atoms with Crippen molar-refractivity contribution >= 4 is 0 Å². The van der Waals surface area contributed by atoms with Gasteiger partial charge in [0.1, 0.15) is 6.61 Å². The molecule has 0 aliphatic carbocycles. The minimum absolute atomic E-state index is 1.18. The van der Waals surface area contributed by atoms with Crippen molar-refractivity contribution in [3.8, 4) is 0 Å². The van der Waals surface area contributed by atoms with Gasteiger partial charge in [-0.25, -0.2) is 0 Å². The number of ether oxygens (including phenoxy) is 2. The van der Waals surface area contributed by atoms with E-state index in [1.807, 2.05) is 0 Å². The van der Waals surface area contributed by atoms with Gasteiger partial charge in [-0.1, -0.05) is 0 Å². The molecule has 0 bridgehead atoms. The van der Waals surface area contributed by atoms with Crippen LogP contribution in [0, 0.1) is 0 Å². The van der Waals surface area contributed by atoms with E-state index >= 15 is 0 Å². The zero-order valence-electron chi connectivity index (χ0n) is 10.2. The van der Waals surface area contributed by atoms with Crippen LogP contribution in [0.4, 0.5) is 61.6 Å². The molecule has 0 amide bonds. The molecule has 24 heavy (non-hydrogen) atoms. The van der Waals surface area contributed by atoms with Crippen LogP contribution in [0.3, 0.4) is 0 Å². The Morgan fingerprint density at radius 3 is 1.29 bits per heavy atom. The summed E-state index contributed by atoms with van der Waals surface area (Å²) >= 11 is 0. The maximum atomic E-state index is 13.2. The van der Waals surface area contributed by atoms with Gasteiger partial charge in [0.25, 0.3) is 0 Å². The van der Waals surface area contributed by atoms with Crippen molar-refractivity contribution in [2.24, 2.45) is 0 Å². The first-order chi connectivity index (χ1) is 10.2. The number of hydrogen-bond donors (Lipinski definition) is 0. The molecule has 0 radical (unpaired) electrons. The highest BCUT2D eigenvalue weighted by Crippen LogP contribution is 2.52. The molecule has 0 N–H and O–H groups in total. The number of rotatable bonds is 7. The van der Waals surface area contributed by atoms with Gasteiger partial charge >= 0.3 is 36.5 Å². The molecule has 0 fully saturated rings. The summed E-state index contributed by atoms with van der Waals surface area (Å²) in [5.41, 5.74) is 0. The first-order valence-electron chi connectivity index (χ1n) is 4.82. The number of hydrogen-bond acceptors (Lipinski definition) is 3. The third kappa shape index (κ3) is 4.71. The predicted molar refractivity (Wildman–Crippen MR) is 40.0 cm³/mol. The molecular formula is C7H2F14O3. The molecule has 3 nitrogen and oxygen atoms in total. The van der Waals surface area contributed by atoms with Crippen molar-refractivity contribution in [3.63, 3.8) is 0 Å². The lowest BCUT2D eigenvalue weighted by Gasteiger charge is -2.36. The van der Waals surface area contributed by atoms with Gasteiger partial charge in [-0.15, -0.1) is 4.94 Å². The van der Waals surface area contributed by atoms with Gasteiger partial charge in [-0.2, -0.15) is 57.1 Å². The molecule has 0 saturated carbocycles. The van der Waals surface area contributed by atoms with Gasteiger partial charge in [0.2, 0.25) is 0 Å². The summed E-state index contributed by atoms with van der Waals surface area (Å²) in [4.78, 5) is 1.18. The van der Waals surface area contributed by atoms with Crippen LogP contribution >= 0.6 is 0 Å². The third-order valence-electron chi connectivity index (χ3n) is 1.86. The second kappa shape index (κ2) is 6.32. The van der Waals surface area contributed by atoms with E-state index in [0.29, 0.717) is 0 Å². The fourth-order valence-corrected chi connectivity index (χ4v) is 0.829. The summed E-state index contributed by atoms with van der Waals surface area (Å²) in [5, 5.41) is 0. The van der Waals surface area contributed by atoms with Crippen molar-refractivity contribution in [1.82, 2.24) is 0 Å². The van der Waals surface area contributed by atoms with Crippen LogP contribution < -0.4 is 0 Å². The lowest BCUT2D eigenvalue weighted by Crippen LogP contribution is -2.63. The third-order valence-corrected chi connectivity index (χ3v) is 1.86. The van der Waals surface area contributed by atoms with Crippen LogP contribution in [0.5, 0.6) is 0 Å². The molecule has 0 heterocycles. The molecule has 0 rings (SSSR count). The summed E-state index contributed by atoms with van der Waals surface area (Å²) in [6.45, 7) is -3.31. The topological polar surface area (TPSA) is 27.7 Å². The lowest BCUT2D eigenvalue weighted by molar-refractivity contribution is -0.555. The van der Waals surface area contributed by atoms with Gasteiger partial charge in [-0.3, -0.25) is 4.74 Å². The Balaban J connectivity index is 5.83. The maximum Gasteiger partial charge on any atom is 0.478 e. The monoisotopic (exact) mass is 400 g/mol. The quantitative estimate of drug-likeness (QED) is 0.590. The highest BCUT2D eigenvalue weighted by atomic mass is 19.4. The average Bonchev–Trinajstić information content (AvgIpc) is 2.33. The molecule has 146 valence electrons. The minimum Gasteiger partial charge on any atom is -0.306 e. The van der Waals surface area contributed by atoms with Crippen molar-refractivity contribution in [2.75, 3.05) is 6.61 Å². The van der Waals surface area contributed by atoms with Gasteiger partial charge < -0.3 is 4.74 Å². The molecule has 0 spiro atoms. The Hall–Kier alpha value is -1.10. The molecule has 0 aromatic heterocycles. The van der Waals surface area contributed by atoms with E-state index in [0.717, 1.165) is 0 Å². The van der Waals surface area contributed by atoms with E-state index in [2.05, 4.69) is 4.74 Å². The Kier molecular flexibility index (Phi) is 6.03. The van der Waals surface area contributed by atoms with Crippen LogP contribution in [-0.2, 0) is 14.4 Å². The summed E-state index contributed by atoms with van der Waals surface area (Å²) in [6.07, 6.45) is -33.8. The SMILES string of the molecule is FOC(F)(F)C(F)(F)OC(F)(C(F)(F)F)C(F)(F)OCC(F)(F)F. The van der Waals surface area contributed by atoms with Crippen LogP contribution in [0.15, 0.2) is 0 Å². The summed E-state index contributed by atoms with van der Waals surface area (Å²) < 4.78 is 175. The standard InChI is InChI=1S/C7H2F14O3/c8-2(9,10)1-22-5(15,16)3(11,4(12,13)14)23-6(17,18)7(19,20)24-21/h1H2. The summed E-state index contributed by atoms with van der Waals surface area (Å²) in [5.74, 6) is -7.24. The van der Waals surface area contributed by atoms with E-state index < -0.39 is 43.1 Å². The predicted octanol–water partition coefficient (Wildman–Crippen LogP) is 4.49. The molecule has 0 aliphatic rings. The van der Waals surface area contributed by atoms with Crippen LogP contribution in [0.1, 0.15) is 0 Å². The van der Waals surface area contributed by atoms with E-state index in [1.54, 1.807) is 4.74 Å². The van der Waals surface area contributed by atoms with E-state index in [1.165, 1.54) is 4.94 Å². The smallest absolute Gasteiger partial charge is 0.306 e. The summed E-state index contributed by atoms with van der Waals surface area (Å²) in [7, 11) is 0. The average molecular weight is 400 g/mol. The van der Waals surface area contributed by atoms with Gasteiger partial charge in [0.05, 0.1) is 0 Å². The fraction of sp³-hybridized carbons (Fsp3) is 1.00. The molecule has 17 heteroatoms. The van der Waals surface area contributed by atoms with Crippen LogP contribution in [0.2, 0.25) is 0 Å². The first-order valence-corrected chi connectivity index (χ1v) is 4.82. The highest BCUT2D eigenvalue weighted by molar-refractivity contribution is 4.89. The number of halogens is 14. The van der Waals surface area contributed by atoms with Crippen molar-refractivity contribution in [1.29, 1.82) is 0 Å². The zero-order valence-corrected chi connectivity index (χ0v) is 10.2. The second-order valence-electron chi connectivity index (χ2n) is 3.73. The van der Waals surface area contributed by atoms with Crippen LogP contribution in [-0.4, -0.2) is 43.1 Å². The molecule has 0 aromatic carbocycles. The van der Waals surface area contributed by atoms with Crippen molar-refractivity contribution in [3.05, 3.63) is 0 Å². The molecule has 1 atom stereocenters. The van der Waals surface area contributed by atoms with Gasteiger partial charge in [0, 0.05) is 0 Å². The Morgan fingerprint density at radius 2 is 1.00 bits per heavy atom. The summed E-state index contributed by atoms with van der Waals surface area (Å²) in [6, 6.07) is 0. The largest absolute Gasteiger partial charge is 0.478 e. The van der Waals surface area contributed by atoms with Gasteiger partial charge in [-0.05, 0) is 4.53 Å². The molecular weight excluding hydrogens is 398 g/mol. The normalized spacial score (nSPS) is 17.8. The molecule has 1 unspecified atom stereocenters. The lowest BCUT2D eigenvalue weighted by atomic mass is 10.2. The second-order valence-corrected chi connectivity index (χ2v) is 3.73. The maximum absolute atomic E-state index is 13.2. The minimum atomic E-state index is -7.34. The highest BCUT2D eigenvalue weighted by Gasteiger charge is 2.80. The van der Waals surface area contributed by atoms with Crippen molar-refractivity contribution in [2.45, 2.75) is 36.5 Å². The van der Waals surface area contributed by atoms with E-state index in [4.69, 9.17) is 0 Å². The Morgan fingerprint density at radius 1 is 0.583 bits per heavy atom. The van der Waals surface area contributed by atoms with Crippen LogP contribution in [0.25, 0.3) is 0 Å². The Labute approximate surface area is 120 Å². The Bertz CT molecular complexity index is 427. The fourth-order valence-electron chi connectivity index (χ4n) is 0.829.